The number of halogens is 1. The summed E-state index contributed by atoms with van der Waals surface area (Å²) in [7, 11) is 0. The fourth-order valence-electron chi connectivity index (χ4n) is 2.67. The average molecular weight is 299 g/mol. The normalized spacial score (nSPS) is 15.0. The number of piperazine rings is 1. The van der Waals surface area contributed by atoms with Crippen LogP contribution in [0.4, 0.5) is 15.9 Å². The Hall–Kier alpha value is -2.43. The lowest BCUT2D eigenvalue weighted by atomic mass is 10.1. The summed E-state index contributed by atoms with van der Waals surface area (Å²) in [5, 5.41) is 0. The molecule has 0 N–H and O–H groups in total. The van der Waals surface area contributed by atoms with Crippen LogP contribution in [0.2, 0.25) is 0 Å². The molecule has 1 aliphatic heterocycles. The van der Waals surface area contributed by atoms with Crippen molar-refractivity contribution in [1.29, 1.82) is 0 Å². The molecular weight excluding hydrogens is 281 g/mol. The molecule has 0 aliphatic carbocycles. The molecule has 0 radical (unpaired) electrons. The first-order chi connectivity index (χ1) is 10.6. The molecule has 5 heteroatoms. The Kier molecular flexibility index (Phi) is 4.04. The van der Waals surface area contributed by atoms with Crippen molar-refractivity contribution in [3.8, 4) is 0 Å². The number of anilines is 2. The number of benzene rings is 1. The third-order valence-electron chi connectivity index (χ3n) is 3.94. The van der Waals surface area contributed by atoms with E-state index >= 15 is 0 Å². The fourth-order valence-corrected chi connectivity index (χ4v) is 2.67. The Bertz CT molecular complexity index is 664. The fraction of sp³-hybridized carbons (Fsp3) is 0.294. The Balaban J connectivity index is 1.65. The third-order valence-corrected chi connectivity index (χ3v) is 3.94. The molecule has 1 aromatic carbocycles. The molecule has 114 valence electrons. The van der Waals surface area contributed by atoms with Crippen LogP contribution in [0.15, 0.2) is 42.5 Å². The number of rotatable bonds is 3. The molecule has 1 aliphatic rings. The molecule has 0 atom stereocenters. The molecule has 0 unspecified atom stereocenters. The van der Waals surface area contributed by atoms with Crippen LogP contribution in [0.25, 0.3) is 0 Å². The second-order valence-corrected chi connectivity index (χ2v) is 5.40. The summed E-state index contributed by atoms with van der Waals surface area (Å²) in [6.07, 6.45) is 0. The number of ketones is 1. The predicted molar refractivity (Wildman–Crippen MR) is 85.1 cm³/mol. The maximum Gasteiger partial charge on any atom is 0.214 e. The lowest BCUT2D eigenvalue weighted by Gasteiger charge is -2.36. The molecular formula is C17H18FN3O. The molecule has 22 heavy (non-hydrogen) atoms. The van der Waals surface area contributed by atoms with Gasteiger partial charge in [-0.05, 0) is 43.3 Å². The molecule has 0 saturated carbocycles. The first kappa shape index (κ1) is 14.5. The van der Waals surface area contributed by atoms with Crippen molar-refractivity contribution in [2.45, 2.75) is 6.92 Å². The molecule has 4 nitrogen and oxygen atoms in total. The van der Waals surface area contributed by atoms with Crippen molar-refractivity contribution < 1.29 is 9.18 Å². The van der Waals surface area contributed by atoms with Crippen LogP contribution in [-0.4, -0.2) is 36.9 Å². The van der Waals surface area contributed by atoms with Gasteiger partial charge in [0, 0.05) is 37.4 Å². The van der Waals surface area contributed by atoms with E-state index in [-0.39, 0.29) is 5.78 Å². The molecule has 1 fully saturated rings. The molecule has 0 bridgehead atoms. The number of carbonyl (C=O) groups is 1. The molecule has 1 aromatic heterocycles. The van der Waals surface area contributed by atoms with Gasteiger partial charge in [0.1, 0.15) is 5.82 Å². The smallest absolute Gasteiger partial charge is 0.214 e. The number of aromatic nitrogens is 1. The summed E-state index contributed by atoms with van der Waals surface area (Å²) in [4.78, 5) is 19.6. The van der Waals surface area contributed by atoms with Gasteiger partial charge in [0.15, 0.2) is 5.78 Å². The van der Waals surface area contributed by atoms with Gasteiger partial charge < -0.3 is 9.80 Å². The highest BCUT2D eigenvalue weighted by molar-refractivity contribution is 5.94. The minimum atomic E-state index is -0.445. The van der Waals surface area contributed by atoms with E-state index in [0.717, 1.165) is 37.4 Å². The van der Waals surface area contributed by atoms with Crippen molar-refractivity contribution in [3.05, 3.63) is 54.0 Å². The van der Waals surface area contributed by atoms with Crippen LogP contribution in [0.1, 0.15) is 17.3 Å². The highest BCUT2D eigenvalue weighted by Gasteiger charge is 2.18. The topological polar surface area (TPSA) is 36.4 Å². The summed E-state index contributed by atoms with van der Waals surface area (Å²) in [6.45, 7) is 4.85. The van der Waals surface area contributed by atoms with E-state index in [1.165, 1.54) is 6.07 Å². The summed E-state index contributed by atoms with van der Waals surface area (Å²) >= 11 is 0. The summed E-state index contributed by atoms with van der Waals surface area (Å²) in [5.74, 6) is 0.319. The first-order valence-corrected chi connectivity index (χ1v) is 7.37. The molecule has 2 aromatic rings. The van der Waals surface area contributed by atoms with Gasteiger partial charge in [-0.3, -0.25) is 4.79 Å². The molecule has 3 rings (SSSR count). The van der Waals surface area contributed by atoms with E-state index in [2.05, 4.69) is 14.8 Å². The second-order valence-electron chi connectivity index (χ2n) is 5.40. The highest BCUT2D eigenvalue weighted by Crippen LogP contribution is 2.20. The standard InChI is InChI=1S/C17H18FN3O/c1-13(22)14-5-7-15(8-6-14)20-9-11-21(12-10-20)17-4-2-3-16(18)19-17/h2-8H,9-12H2,1H3. The van der Waals surface area contributed by atoms with E-state index < -0.39 is 5.95 Å². The van der Waals surface area contributed by atoms with Crippen molar-refractivity contribution in [3.63, 3.8) is 0 Å². The van der Waals surface area contributed by atoms with Gasteiger partial charge in [-0.25, -0.2) is 4.98 Å². The van der Waals surface area contributed by atoms with Gasteiger partial charge in [0.25, 0.3) is 0 Å². The van der Waals surface area contributed by atoms with Crippen LogP contribution < -0.4 is 9.80 Å². The first-order valence-electron chi connectivity index (χ1n) is 7.37. The van der Waals surface area contributed by atoms with Crippen molar-refractivity contribution in [2.75, 3.05) is 36.0 Å². The van der Waals surface area contributed by atoms with Crippen molar-refractivity contribution >= 4 is 17.3 Å². The van der Waals surface area contributed by atoms with Crippen LogP contribution in [0.5, 0.6) is 0 Å². The largest absolute Gasteiger partial charge is 0.368 e. The Labute approximate surface area is 129 Å². The van der Waals surface area contributed by atoms with Gasteiger partial charge in [-0.15, -0.1) is 0 Å². The molecule has 2 heterocycles. The third kappa shape index (κ3) is 3.08. The zero-order valence-corrected chi connectivity index (χ0v) is 12.5. The maximum absolute atomic E-state index is 13.2. The highest BCUT2D eigenvalue weighted by atomic mass is 19.1. The number of hydrogen-bond donors (Lipinski definition) is 0. The van der Waals surface area contributed by atoms with E-state index in [9.17, 15) is 9.18 Å². The van der Waals surface area contributed by atoms with E-state index in [1.807, 2.05) is 30.3 Å². The predicted octanol–water partition coefficient (Wildman–Crippen LogP) is 2.75. The van der Waals surface area contributed by atoms with Gasteiger partial charge in [0.2, 0.25) is 5.95 Å². The Morgan fingerprint density at radius 1 is 1.00 bits per heavy atom. The maximum atomic E-state index is 13.2. The number of carbonyl (C=O) groups excluding carboxylic acids is 1. The van der Waals surface area contributed by atoms with Crippen LogP contribution in [0.3, 0.4) is 0 Å². The lowest BCUT2D eigenvalue weighted by Crippen LogP contribution is -2.46. The van der Waals surface area contributed by atoms with Crippen molar-refractivity contribution in [1.82, 2.24) is 4.98 Å². The zero-order valence-electron chi connectivity index (χ0n) is 12.5. The van der Waals surface area contributed by atoms with Gasteiger partial charge in [-0.2, -0.15) is 4.39 Å². The number of hydrogen-bond acceptors (Lipinski definition) is 4. The van der Waals surface area contributed by atoms with E-state index in [0.29, 0.717) is 5.82 Å². The Morgan fingerprint density at radius 2 is 1.64 bits per heavy atom. The van der Waals surface area contributed by atoms with E-state index in [4.69, 9.17) is 0 Å². The number of Topliss-reactive ketones (excluding diaryl/α,β-unsaturated/α-hetero) is 1. The molecule has 1 saturated heterocycles. The Morgan fingerprint density at radius 3 is 2.23 bits per heavy atom. The number of pyridine rings is 1. The van der Waals surface area contributed by atoms with Gasteiger partial charge >= 0.3 is 0 Å². The monoisotopic (exact) mass is 299 g/mol. The summed E-state index contributed by atoms with van der Waals surface area (Å²) in [6, 6.07) is 12.6. The minimum absolute atomic E-state index is 0.0774. The summed E-state index contributed by atoms with van der Waals surface area (Å²) in [5.41, 5.74) is 1.84. The molecule has 0 spiro atoms. The quantitative estimate of drug-likeness (QED) is 0.645. The van der Waals surface area contributed by atoms with Crippen LogP contribution in [0, 0.1) is 5.95 Å². The zero-order chi connectivity index (χ0) is 15.5. The van der Waals surface area contributed by atoms with Gasteiger partial charge in [0.05, 0.1) is 0 Å². The summed E-state index contributed by atoms with van der Waals surface area (Å²) < 4.78 is 13.2. The SMILES string of the molecule is CC(=O)c1ccc(N2CCN(c3cccc(F)n3)CC2)cc1. The average Bonchev–Trinajstić information content (AvgIpc) is 2.55. The second kappa shape index (κ2) is 6.13. The van der Waals surface area contributed by atoms with E-state index in [1.54, 1.807) is 13.0 Å². The lowest BCUT2D eigenvalue weighted by molar-refractivity contribution is 0.101. The molecule has 0 amide bonds. The van der Waals surface area contributed by atoms with Crippen LogP contribution >= 0.6 is 0 Å². The number of nitrogens with zero attached hydrogens (tertiary/aromatic N) is 3. The van der Waals surface area contributed by atoms with Crippen LogP contribution in [-0.2, 0) is 0 Å². The van der Waals surface area contributed by atoms with Gasteiger partial charge in [-0.1, -0.05) is 6.07 Å². The minimum Gasteiger partial charge on any atom is -0.368 e. The van der Waals surface area contributed by atoms with Crippen molar-refractivity contribution in [2.24, 2.45) is 0 Å².